The standard InChI is InChI=1S/C15H29N3/c1-5-14(8-10-16)17-12-15(18(3)4)9-6-7-13(2)11-15/h13-14,17H,5-9,11-12H2,1-4H3. The minimum absolute atomic E-state index is 0.292. The second-order valence-electron chi connectivity index (χ2n) is 6.17. The molecule has 3 atom stereocenters. The van der Waals surface area contributed by atoms with Gasteiger partial charge in [-0.15, -0.1) is 0 Å². The number of nitriles is 1. The quantitative estimate of drug-likeness (QED) is 0.789. The van der Waals surface area contributed by atoms with Gasteiger partial charge in [-0.25, -0.2) is 0 Å². The molecule has 0 aromatic carbocycles. The van der Waals surface area contributed by atoms with Crippen LogP contribution in [0.15, 0.2) is 0 Å². The number of nitrogens with one attached hydrogen (secondary N) is 1. The van der Waals surface area contributed by atoms with Gasteiger partial charge in [0.05, 0.1) is 12.5 Å². The van der Waals surface area contributed by atoms with Gasteiger partial charge in [0.25, 0.3) is 0 Å². The third-order valence-electron chi connectivity index (χ3n) is 4.57. The molecule has 0 aromatic rings. The lowest BCUT2D eigenvalue weighted by Crippen LogP contribution is -2.55. The van der Waals surface area contributed by atoms with E-state index in [-0.39, 0.29) is 0 Å². The molecule has 1 saturated carbocycles. The van der Waals surface area contributed by atoms with Gasteiger partial charge in [0, 0.05) is 18.1 Å². The molecule has 3 nitrogen and oxygen atoms in total. The Labute approximate surface area is 113 Å². The molecule has 0 bridgehead atoms. The van der Waals surface area contributed by atoms with E-state index < -0.39 is 0 Å². The summed E-state index contributed by atoms with van der Waals surface area (Å²) in [6.07, 6.45) is 6.90. The summed E-state index contributed by atoms with van der Waals surface area (Å²) in [6, 6.07) is 2.63. The van der Waals surface area contributed by atoms with Crippen LogP contribution in [0.25, 0.3) is 0 Å². The molecule has 0 saturated heterocycles. The molecule has 1 aliphatic rings. The highest BCUT2D eigenvalue weighted by atomic mass is 15.2. The van der Waals surface area contributed by atoms with Gasteiger partial charge in [-0.3, -0.25) is 0 Å². The Morgan fingerprint density at radius 3 is 2.72 bits per heavy atom. The van der Waals surface area contributed by atoms with E-state index in [1.54, 1.807) is 0 Å². The third kappa shape index (κ3) is 3.96. The highest BCUT2D eigenvalue weighted by Crippen LogP contribution is 2.35. The van der Waals surface area contributed by atoms with E-state index in [2.05, 4.69) is 44.2 Å². The molecule has 18 heavy (non-hydrogen) atoms. The number of nitrogens with zero attached hydrogens (tertiary/aromatic N) is 2. The summed E-state index contributed by atoms with van der Waals surface area (Å²) >= 11 is 0. The van der Waals surface area contributed by atoms with Crippen molar-refractivity contribution >= 4 is 0 Å². The SMILES string of the molecule is CCC(CC#N)NCC1(N(C)C)CCCC(C)C1. The largest absolute Gasteiger partial charge is 0.311 e. The fourth-order valence-corrected chi connectivity index (χ4v) is 3.16. The van der Waals surface area contributed by atoms with Crippen molar-refractivity contribution in [3.63, 3.8) is 0 Å². The van der Waals surface area contributed by atoms with Gasteiger partial charge in [0.15, 0.2) is 0 Å². The summed E-state index contributed by atoms with van der Waals surface area (Å²) in [5, 5.41) is 12.4. The maximum atomic E-state index is 8.82. The van der Waals surface area contributed by atoms with E-state index in [4.69, 9.17) is 5.26 Å². The van der Waals surface area contributed by atoms with Crippen LogP contribution in [-0.2, 0) is 0 Å². The summed E-state index contributed by atoms with van der Waals surface area (Å²) < 4.78 is 0. The van der Waals surface area contributed by atoms with Crippen LogP contribution in [0.5, 0.6) is 0 Å². The summed E-state index contributed by atoms with van der Waals surface area (Å²) in [4.78, 5) is 2.40. The number of hydrogen-bond donors (Lipinski definition) is 1. The van der Waals surface area contributed by atoms with Crippen molar-refractivity contribution < 1.29 is 0 Å². The zero-order valence-electron chi connectivity index (χ0n) is 12.5. The van der Waals surface area contributed by atoms with Gasteiger partial charge in [-0.2, -0.15) is 5.26 Å². The zero-order chi connectivity index (χ0) is 13.6. The van der Waals surface area contributed by atoms with Crippen molar-refractivity contribution in [2.24, 2.45) is 5.92 Å². The molecule has 0 heterocycles. The number of likely N-dealkylation sites (N-methyl/N-ethyl adjacent to an activating group) is 1. The second-order valence-corrected chi connectivity index (χ2v) is 6.17. The Bertz CT molecular complexity index is 282. The number of hydrogen-bond acceptors (Lipinski definition) is 3. The molecule has 104 valence electrons. The van der Waals surface area contributed by atoms with Gasteiger partial charge in [0.1, 0.15) is 0 Å². The molecule has 0 spiro atoms. The van der Waals surface area contributed by atoms with Crippen LogP contribution in [0, 0.1) is 17.2 Å². The average Bonchev–Trinajstić information content (AvgIpc) is 2.34. The van der Waals surface area contributed by atoms with E-state index in [0.717, 1.165) is 18.9 Å². The van der Waals surface area contributed by atoms with Gasteiger partial charge >= 0.3 is 0 Å². The normalized spacial score (nSPS) is 30.1. The molecule has 1 rings (SSSR count). The van der Waals surface area contributed by atoms with Crippen molar-refractivity contribution in [1.82, 2.24) is 10.2 Å². The summed E-state index contributed by atoms with van der Waals surface area (Å²) in [5.74, 6) is 0.819. The molecule has 0 amide bonds. The van der Waals surface area contributed by atoms with Crippen LogP contribution in [0.4, 0.5) is 0 Å². The van der Waals surface area contributed by atoms with Crippen molar-refractivity contribution in [2.45, 2.75) is 64.0 Å². The predicted octanol–water partition coefficient (Wildman–Crippen LogP) is 2.78. The van der Waals surface area contributed by atoms with Crippen molar-refractivity contribution in [2.75, 3.05) is 20.6 Å². The molecule has 3 unspecified atom stereocenters. The molecule has 1 aliphatic carbocycles. The summed E-state index contributed by atoms with van der Waals surface area (Å²) in [5.41, 5.74) is 0.292. The molecular formula is C15H29N3. The van der Waals surface area contributed by atoms with Crippen LogP contribution >= 0.6 is 0 Å². The minimum Gasteiger partial charge on any atom is -0.311 e. The van der Waals surface area contributed by atoms with Crippen LogP contribution in [0.1, 0.15) is 52.4 Å². The maximum absolute atomic E-state index is 8.82. The third-order valence-corrected chi connectivity index (χ3v) is 4.57. The summed E-state index contributed by atoms with van der Waals surface area (Å²) in [6.45, 7) is 5.54. The first kappa shape index (κ1) is 15.5. The Balaban J connectivity index is 2.60. The molecular weight excluding hydrogens is 222 g/mol. The first-order valence-electron chi connectivity index (χ1n) is 7.32. The first-order chi connectivity index (χ1) is 8.54. The molecule has 0 aromatic heterocycles. The van der Waals surface area contributed by atoms with Crippen LogP contribution < -0.4 is 5.32 Å². The molecule has 0 radical (unpaired) electrons. The average molecular weight is 251 g/mol. The van der Waals surface area contributed by atoms with Crippen LogP contribution in [0.3, 0.4) is 0 Å². The Morgan fingerprint density at radius 2 is 2.22 bits per heavy atom. The van der Waals surface area contributed by atoms with E-state index in [0.29, 0.717) is 18.0 Å². The molecule has 1 N–H and O–H groups in total. The van der Waals surface area contributed by atoms with E-state index in [9.17, 15) is 0 Å². The maximum Gasteiger partial charge on any atom is 0.0638 e. The lowest BCUT2D eigenvalue weighted by Gasteiger charge is -2.46. The lowest BCUT2D eigenvalue weighted by molar-refractivity contribution is 0.0722. The zero-order valence-corrected chi connectivity index (χ0v) is 12.5. The fourth-order valence-electron chi connectivity index (χ4n) is 3.16. The van der Waals surface area contributed by atoms with Crippen LogP contribution in [-0.4, -0.2) is 37.1 Å². The molecule has 1 fully saturated rings. The van der Waals surface area contributed by atoms with Gasteiger partial charge in [-0.1, -0.05) is 26.7 Å². The summed E-state index contributed by atoms with van der Waals surface area (Å²) in [7, 11) is 4.40. The van der Waals surface area contributed by atoms with E-state index in [1.807, 2.05) is 0 Å². The minimum atomic E-state index is 0.292. The smallest absolute Gasteiger partial charge is 0.0638 e. The topological polar surface area (TPSA) is 39.1 Å². The highest BCUT2D eigenvalue weighted by molar-refractivity contribution is 4.95. The predicted molar refractivity (Wildman–Crippen MR) is 76.4 cm³/mol. The van der Waals surface area contributed by atoms with Crippen LogP contribution in [0.2, 0.25) is 0 Å². The highest BCUT2D eigenvalue weighted by Gasteiger charge is 2.36. The van der Waals surface area contributed by atoms with Gasteiger partial charge in [0.2, 0.25) is 0 Å². The first-order valence-corrected chi connectivity index (χ1v) is 7.32. The van der Waals surface area contributed by atoms with Gasteiger partial charge in [-0.05, 0) is 39.3 Å². The molecule has 0 aliphatic heterocycles. The Kier molecular flexibility index (Phi) is 6.11. The van der Waals surface area contributed by atoms with Crippen molar-refractivity contribution in [3.05, 3.63) is 0 Å². The second kappa shape index (κ2) is 7.11. The molecule has 3 heteroatoms. The fraction of sp³-hybridized carbons (Fsp3) is 0.933. The Hall–Kier alpha value is -0.590. The Morgan fingerprint density at radius 1 is 1.50 bits per heavy atom. The van der Waals surface area contributed by atoms with Crippen molar-refractivity contribution in [3.8, 4) is 6.07 Å². The van der Waals surface area contributed by atoms with Gasteiger partial charge < -0.3 is 10.2 Å². The van der Waals surface area contributed by atoms with E-state index in [1.165, 1.54) is 25.7 Å². The monoisotopic (exact) mass is 251 g/mol. The van der Waals surface area contributed by atoms with Crippen molar-refractivity contribution in [1.29, 1.82) is 5.26 Å². The lowest BCUT2D eigenvalue weighted by atomic mass is 9.75. The van der Waals surface area contributed by atoms with E-state index >= 15 is 0 Å². The number of rotatable bonds is 6.